The smallest absolute Gasteiger partial charge is 0.322 e. The molecule has 0 aliphatic rings. The molecule has 0 saturated carbocycles. The Morgan fingerprint density at radius 2 is 1.74 bits per heavy atom. The van der Waals surface area contributed by atoms with E-state index in [1.54, 1.807) is 54.5 Å². The molecule has 0 saturated heterocycles. The van der Waals surface area contributed by atoms with E-state index >= 15 is 0 Å². The quantitative estimate of drug-likeness (QED) is 0.273. The maximum absolute atomic E-state index is 14.4. The van der Waals surface area contributed by atoms with Crippen molar-refractivity contribution in [3.8, 4) is 11.4 Å². The summed E-state index contributed by atoms with van der Waals surface area (Å²) in [4.78, 5) is 34.2. The number of hydrogen-bond donors (Lipinski definition) is 1. The SMILES string of the molecule is CCC(c1nc2ccccc2c(=O)n1-c1ccccc1OC)N(CCC(C)C)C(=O)Nc1ccccc1F. The van der Waals surface area contributed by atoms with Gasteiger partial charge in [-0.3, -0.25) is 9.36 Å². The number of fused-ring (bicyclic) bond motifs is 1. The predicted molar refractivity (Wildman–Crippen MR) is 149 cm³/mol. The Kier molecular flexibility index (Phi) is 8.41. The Morgan fingerprint density at radius 3 is 2.45 bits per heavy atom. The van der Waals surface area contributed by atoms with Crippen LogP contribution in [0, 0.1) is 11.7 Å². The number of hydrogen-bond acceptors (Lipinski definition) is 4. The first-order chi connectivity index (χ1) is 18.3. The van der Waals surface area contributed by atoms with Crippen molar-refractivity contribution in [1.29, 1.82) is 0 Å². The van der Waals surface area contributed by atoms with Gasteiger partial charge in [0.2, 0.25) is 0 Å². The number of benzene rings is 3. The third kappa shape index (κ3) is 5.54. The molecule has 198 valence electrons. The van der Waals surface area contributed by atoms with Crippen molar-refractivity contribution in [2.24, 2.45) is 5.92 Å². The maximum atomic E-state index is 14.4. The number of carbonyl (C=O) groups is 1. The summed E-state index contributed by atoms with van der Waals surface area (Å²) < 4.78 is 21.6. The number of anilines is 1. The number of para-hydroxylation sites is 4. The summed E-state index contributed by atoms with van der Waals surface area (Å²) in [5, 5.41) is 3.18. The maximum Gasteiger partial charge on any atom is 0.322 e. The third-order valence-corrected chi connectivity index (χ3v) is 6.51. The first-order valence-corrected chi connectivity index (χ1v) is 12.8. The molecule has 1 heterocycles. The van der Waals surface area contributed by atoms with E-state index in [9.17, 15) is 14.0 Å². The average Bonchev–Trinajstić information content (AvgIpc) is 2.92. The molecule has 4 rings (SSSR count). The lowest BCUT2D eigenvalue weighted by atomic mass is 10.1. The minimum Gasteiger partial charge on any atom is -0.495 e. The second kappa shape index (κ2) is 11.9. The molecular formula is C30H33FN4O3. The van der Waals surface area contributed by atoms with Gasteiger partial charge in [0, 0.05) is 6.54 Å². The summed E-state index contributed by atoms with van der Waals surface area (Å²) in [6.45, 7) is 6.49. The molecule has 0 aliphatic carbocycles. The van der Waals surface area contributed by atoms with Crippen molar-refractivity contribution in [3.63, 3.8) is 0 Å². The van der Waals surface area contributed by atoms with Crippen LogP contribution in [-0.4, -0.2) is 34.1 Å². The van der Waals surface area contributed by atoms with Gasteiger partial charge in [-0.2, -0.15) is 0 Å². The molecule has 7 nitrogen and oxygen atoms in total. The van der Waals surface area contributed by atoms with Crippen LogP contribution in [-0.2, 0) is 0 Å². The molecule has 2 amide bonds. The summed E-state index contributed by atoms with van der Waals surface area (Å²) in [6.07, 6.45) is 1.19. The van der Waals surface area contributed by atoms with Gasteiger partial charge in [-0.15, -0.1) is 0 Å². The number of nitrogens with one attached hydrogen (secondary N) is 1. The van der Waals surface area contributed by atoms with E-state index in [-0.39, 0.29) is 11.2 Å². The molecule has 8 heteroatoms. The molecule has 0 spiro atoms. The normalized spacial score (nSPS) is 11.9. The molecule has 1 N–H and O–H groups in total. The fourth-order valence-corrected chi connectivity index (χ4v) is 4.51. The molecule has 0 fully saturated rings. The highest BCUT2D eigenvalue weighted by Gasteiger charge is 2.30. The number of methoxy groups -OCH3 is 1. The van der Waals surface area contributed by atoms with Gasteiger partial charge in [0.25, 0.3) is 5.56 Å². The van der Waals surface area contributed by atoms with Gasteiger partial charge in [0.05, 0.1) is 35.4 Å². The summed E-state index contributed by atoms with van der Waals surface area (Å²) in [5.74, 6) is 0.713. The standard InChI is InChI=1S/C30H33FN4O3/c1-5-25(34(19-18-20(2)3)30(37)33-24-15-9-7-13-22(24)31)28-32-23-14-8-6-12-21(23)29(36)35(28)26-16-10-11-17-27(26)38-4/h6-17,20,25H,5,18-19H2,1-4H3,(H,33,37). The number of rotatable bonds is 9. The van der Waals surface area contributed by atoms with E-state index in [4.69, 9.17) is 9.72 Å². The van der Waals surface area contributed by atoms with Crippen molar-refractivity contribution >= 4 is 22.6 Å². The Hall–Kier alpha value is -4.20. The van der Waals surface area contributed by atoms with Crippen LogP contribution in [0.1, 0.15) is 45.5 Å². The number of urea groups is 1. The monoisotopic (exact) mass is 516 g/mol. The number of nitrogens with zero attached hydrogens (tertiary/aromatic N) is 3. The summed E-state index contributed by atoms with van der Waals surface area (Å²) in [7, 11) is 1.55. The van der Waals surface area contributed by atoms with Crippen molar-refractivity contribution in [2.45, 2.75) is 39.7 Å². The van der Waals surface area contributed by atoms with Gasteiger partial charge in [0.15, 0.2) is 0 Å². The van der Waals surface area contributed by atoms with Crippen molar-refractivity contribution < 1.29 is 13.9 Å². The fourth-order valence-electron chi connectivity index (χ4n) is 4.51. The van der Waals surface area contributed by atoms with E-state index in [1.807, 2.05) is 25.1 Å². The van der Waals surface area contributed by atoms with Crippen LogP contribution in [0.4, 0.5) is 14.9 Å². The second-order valence-corrected chi connectivity index (χ2v) is 9.51. The van der Waals surface area contributed by atoms with E-state index in [0.29, 0.717) is 53.5 Å². The zero-order valence-electron chi connectivity index (χ0n) is 22.1. The molecule has 38 heavy (non-hydrogen) atoms. The van der Waals surface area contributed by atoms with Crippen LogP contribution >= 0.6 is 0 Å². The molecule has 1 unspecified atom stereocenters. The van der Waals surface area contributed by atoms with E-state index in [0.717, 1.165) is 0 Å². The summed E-state index contributed by atoms with van der Waals surface area (Å²) in [6, 6.07) is 19.4. The van der Waals surface area contributed by atoms with Crippen molar-refractivity contribution in [2.75, 3.05) is 19.0 Å². The van der Waals surface area contributed by atoms with Gasteiger partial charge < -0.3 is 15.0 Å². The van der Waals surface area contributed by atoms with Crippen molar-refractivity contribution in [1.82, 2.24) is 14.5 Å². The van der Waals surface area contributed by atoms with E-state index in [1.165, 1.54) is 16.7 Å². The highest BCUT2D eigenvalue weighted by Crippen LogP contribution is 2.30. The second-order valence-electron chi connectivity index (χ2n) is 9.51. The van der Waals surface area contributed by atoms with Gasteiger partial charge in [-0.25, -0.2) is 14.2 Å². The Balaban J connectivity index is 1.91. The third-order valence-electron chi connectivity index (χ3n) is 6.51. The largest absolute Gasteiger partial charge is 0.495 e. The number of carbonyl (C=O) groups excluding carboxylic acids is 1. The highest BCUT2D eigenvalue weighted by atomic mass is 19.1. The molecule has 0 aliphatic heterocycles. The lowest BCUT2D eigenvalue weighted by Gasteiger charge is -2.33. The average molecular weight is 517 g/mol. The zero-order valence-corrected chi connectivity index (χ0v) is 22.1. The topological polar surface area (TPSA) is 76.5 Å². The van der Waals surface area contributed by atoms with Crippen LogP contribution < -0.4 is 15.6 Å². The summed E-state index contributed by atoms with van der Waals surface area (Å²) >= 11 is 0. The van der Waals surface area contributed by atoms with Crippen LogP contribution in [0.25, 0.3) is 16.6 Å². The molecular weight excluding hydrogens is 483 g/mol. The number of aromatic nitrogens is 2. The number of halogens is 1. The highest BCUT2D eigenvalue weighted by molar-refractivity contribution is 5.89. The van der Waals surface area contributed by atoms with Crippen LogP contribution in [0.15, 0.2) is 77.6 Å². The minimum atomic E-state index is -0.581. The fraction of sp³-hybridized carbons (Fsp3) is 0.300. The first-order valence-electron chi connectivity index (χ1n) is 12.8. The molecule has 1 atom stereocenters. The van der Waals surface area contributed by atoms with Crippen LogP contribution in [0.3, 0.4) is 0 Å². The Morgan fingerprint density at radius 1 is 1.05 bits per heavy atom. The first kappa shape index (κ1) is 26.9. The molecule has 0 radical (unpaired) electrons. The number of amides is 2. The van der Waals surface area contributed by atoms with Gasteiger partial charge in [0.1, 0.15) is 17.4 Å². The van der Waals surface area contributed by atoms with E-state index < -0.39 is 17.9 Å². The number of ether oxygens (including phenoxy) is 1. The molecule has 3 aromatic carbocycles. The Bertz CT molecular complexity index is 1480. The molecule has 0 bridgehead atoms. The predicted octanol–water partition coefficient (Wildman–Crippen LogP) is 6.56. The molecule has 1 aromatic heterocycles. The van der Waals surface area contributed by atoms with Gasteiger partial charge >= 0.3 is 6.03 Å². The lowest BCUT2D eigenvalue weighted by molar-refractivity contribution is 0.176. The van der Waals surface area contributed by atoms with Crippen LogP contribution in [0.2, 0.25) is 0 Å². The molecule has 4 aromatic rings. The zero-order chi connectivity index (χ0) is 27.2. The van der Waals surface area contributed by atoms with Gasteiger partial charge in [-0.1, -0.05) is 57.2 Å². The van der Waals surface area contributed by atoms with Crippen LogP contribution in [0.5, 0.6) is 5.75 Å². The Labute approximate surface area is 221 Å². The minimum absolute atomic E-state index is 0.0930. The lowest BCUT2D eigenvalue weighted by Crippen LogP contribution is -2.42. The van der Waals surface area contributed by atoms with Gasteiger partial charge in [-0.05, 0) is 55.2 Å². The van der Waals surface area contributed by atoms with E-state index in [2.05, 4.69) is 19.2 Å². The summed E-state index contributed by atoms with van der Waals surface area (Å²) in [5.41, 5.74) is 0.905. The van der Waals surface area contributed by atoms with Crippen molar-refractivity contribution in [3.05, 3.63) is 94.8 Å².